The smallest absolute Gasteiger partial charge is 0.256 e. The lowest BCUT2D eigenvalue weighted by atomic mass is 10.1. The Bertz CT molecular complexity index is 428. The number of amides is 1. The fourth-order valence-electron chi connectivity index (χ4n) is 2.23. The van der Waals surface area contributed by atoms with Gasteiger partial charge >= 0.3 is 0 Å². The molecule has 0 bridgehead atoms. The first kappa shape index (κ1) is 14.1. The van der Waals surface area contributed by atoms with Crippen LogP contribution in [0.25, 0.3) is 0 Å². The molecule has 0 spiro atoms. The van der Waals surface area contributed by atoms with Crippen molar-refractivity contribution in [1.29, 1.82) is 0 Å². The van der Waals surface area contributed by atoms with Crippen molar-refractivity contribution < 1.29 is 4.79 Å². The summed E-state index contributed by atoms with van der Waals surface area (Å²) in [6, 6.07) is 1.93. The first-order valence-electron chi connectivity index (χ1n) is 6.02. The number of thiophene rings is 1. The molecule has 1 atom stereocenters. The van der Waals surface area contributed by atoms with E-state index < -0.39 is 0 Å². The van der Waals surface area contributed by atoms with Crippen LogP contribution in [0, 0.1) is 0 Å². The van der Waals surface area contributed by atoms with Crippen LogP contribution in [0.3, 0.4) is 0 Å². The molecule has 1 aliphatic heterocycles. The largest absolute Gasteiger partial charge is 0.339 e. The number of hydrogen-bond acceptors (Lipinski definition) is 3. The summed E-state index contributed by atoms with van der Waals surface area (Å²) in [5.74, 6) is -0.0324. The molecule has 3 nitrogen and oxygen atoms in total. The van der Waals surface area contributed by atoms with Gasteiger partial charge in [0.25, 0.3) is 5.91 Å². The van der Waals surface area contributed by atoms with E-state index in [4.69, 9.17) is 23.2 Å². The molecule has 18 heavy (non-hydrogen) atoms. The molecule has 1 aromatic rings. The van der Waals surface area contributed by atoms with E-state index in [2.05, 4.69) is 5.32 Å². The summed E-state index contributed by atoms with van der Waals surface area (Å²) in [7, 11) is 1.85. The Morgan fingerprint density at radius 3 is 2.89 bits per heavy atom. The molecule has 1 amide bonds. The van der Waals surface area contributed by atoms with Crippen LogP contribution in [0.4, 0.5) is 0 Å². The van der Waals surface area contributed by atoms with Crippen LogP contribution in [0.15, 0.2) is 6.07 Å². The first-order chi connectivity index (χ1) is 8.59. The van der Waals surface area contributed by atoms with Gasteiger partial charge in [-0.2, -0.15) is 0 Å². The maximum Gasteiger partial charge on any atom is 0.256 e. The van der Waals surface area contributed by atoms with Gasteiger partial charge in [-0.15, -0.1) is 11.3 Å². The zero-order valence-electron chi connectivity index (χ0n) is 10.2. The van der Waals surface area contributed by atoms with E-state index in [1.54, 1.807) is 11.0 Å². The lowest BCUT2D eigenvalue weighted by Gasteiger charge is -2.26. The van der Waals surface area contributed by atoms with Gasteiger partial charge < -0.3 is 10.2 Å². The quantitative estimate of drug-likeness (QED) is 0.909. The fourth-order valence-corrected chi connectivity index (χ4v) is 3.68. The van der Waals surface area contributed by atoms with Crippen molar-refractivity contribution in [2.75, 3.05) is 20.1 Å². The van der Waals surface area contributed by atoms with Crippen molar-refractivity contribution in [2.45, 2.75) is 25.3 Å². The van der Waals surface area contributed by atoms with Gasteiger partial charge in [-0.05, 0) is 38.4 Å². The standard InChI is InChI=1S/C12H16Cl2N2OS/c1-16(8-3-2-5-15-6-4-8)12(17)9-7-10(13)18-11(9)14/h7-8,15H,2-6H2,1H3. The molecule has 0 aliphatic carbocycles. The van der Waals surface area contributed by atoms with Crippen LogP contribution in [0.2, 0.25) is 8.67 Å². The Morgan fingerprint density at radius 1 is 1.44 bits per heavy atom. The van der Waals surface area contributed by atoms with Crippen molar-refractivity contribution >= 4 is 40.4 Å². The fraction of sp³-hybridized carbons (Fsp3) is 0.583. The molecule has 0 aromatic carbocycles. The summed E-state index contributed by atoms with van der Waals surface area (Å²) in [5.41, 5.74) is 0.520. The van der Waals surface area contributed by atoms with E-state index in [1.165, 1.54) is 11.3 Å². The van der Waals surface area contributed by atoms with Gasteiger partial charge in [0.2, 0.25) is 0 Å². The minimum Gasteiger partial charge on any atom is -0.339 e. The highest BCUT2D eigenvalue weighted by molar-refractivity contribution is 7.20. The van der Waals surface area contributed by atoms with Gasteiger partial charge in [0.1, 0.15) is 4.34 Å². The maximum atomic E-state index is 12.4. The molecule has 1 aromatic heterocycles. The number of rotatable bonds is 2. The summed E-state index contributed by atoms with van der Waals surface area (Å²) in [6.45, 7) is 1.99. The molecule has 1 N–H and O–H groups in total. The molecular weight excluding hydrogens is 291 g/mol. The zero-order valence-corrected chi connectivity index (χ0v) is 12.5. The molecule has 100 valence electrons. The van der Waals surface area contributed by atoms with E-state index in [0.29, 0.717) is 14.2 Å². The highest BCUT2D eigenvalue weighted by atomic mass is 35.5. The number of halogens is 2. The number of nitrogens with one attached hydrogen (secondary N) is 1. The second-order valence-corrected chi connectivity index (χ2v) is 6.77. The van der Waals surface area contributed by atoms with Crippen LogP contribution in [0.5, 0.6) is 0 Å². The monoisotopic (exact) mass is 306 g/mol. The van der Waals surface area contributed by atoms with E-state index in [1.807, 2.05) is 7.05 Å². The van der Waals surface area contributed by atoms with Crippen molar-refractivity contribution in [3.8, 4) is 0 Å². The average molecular weight is 307 g/mol. The Kier molecular flexibility index (Phi) is 4.90. The van der Waals surface area contributed by atoms with Crippen molar-refractivity contribution in [2.24, 2.45) is 0 Å². The maximum absolute atomic E-state index is 12.4. The number of nitrogens with zero attached hydrogens (tertiary/aromatic N) is 1. The van der Waals surface area contributed by atoms with Gasteiger partial charge in [0.15, 0.2) is 0 Å². The first-order valence-corrected chi connectivity index (χ1v) is 7.59. The van der Waals surface area contributed by atoms with E-state index in [-0.39, 0.29) is 11.9 Å². The summed E-state index contributed by atoms with van der Waals surface area (Å²) in [5, 5.41) is 3.34. The normalized spacial score (nSPS) is 20.5. The van der Waals surface area contributed by atoms with Gasteiger partial charge in [-0.3, -0.25) is 4.79 Å². The summed E-state index contributed by atoms with van der Waals surface area (Å²) in [6.07, 6.45) is 3.11. The second-order valence-electron chi connectivity index (χ2n) is 4.49. The molecule has 6 heteroatoms. The predicted molar refractivity (Wildman–Crippen MR) is 76.9 cm³/mol. The summed E-state index contributed by atoms with van der Waals surface area (Å²) < 4.78 is 1.03. The molecule has 1 fully saturated rings. The van der Waals surface area contributed by atoms with Crippen molar-refractivity contribution in [3.05, 3.63) is 20.3 Å². The SMILES string of the molecule is CN(C(=O)c1cc(Cl)sc1Cl)C1CCCNCC1. The highest BCUT2D eigenvalue weighted by Gasteiger charge is 2.24. The topological polar surface area (TPSA) is 32.3 Å². The number of carbonyl (C=O) groups is 1. The second kappa shape index (κ2) is 6.24. The lowest BCUT2D eigenvalue weighted by Crippen LogP contribution is -2.37. The number of carbonyl (C=O) groups excluding carboxylic acids is 1. The molecular formula is C12H16Cl2N2OS. The van der Waals surface area contributed by atoms with E-state index in [0.717, 1.165) is 32.4 Å². The third-order valence-electron chi connectivity index (χ3n) is 3.30. The Morgan fingerprint density at radius 2 is 2.22 bits per heavy atom. The van der Waals surface area contributed by atoms with Crippen LogP contribution in [0.1, 0.15) is 29.6 Å². The van der Waals surface area contributed by atoms with E-state index >= 15 is 0 Å². The summed E-state index contributed by atoms with van der Waals surface area (Å²) >= 11 is 13.1. The molecule has 0 radical (unpaired) electrons. The Balaban J connectivity index is 2.10. The minimum atomic E-state index is -0.0324. The highest BCUT2D eigenvalue weighted by Crippen LogP contribution is 2.32. The number of hydrogen-bond donors (Lipinski definition) is 1. The van der Waals surface area contributed by atoms with Gasteiger partial charge in [0.05, 0.1) is 9.90 Å². The van der Waals surface area contributed by atoms with Gasteiger partial charge in [-0.25, -0.2) is 0 Å². The van der Waals surface area contributed by atoms with Crippen molar-refractivity contribution in [1.82, 2.24) is 10.2 Å². The van der Waals surface area contributed by atoms with Crippen LogP contribution >= 0.6 is 34.5 Å². The van der Waals surface area contributed by atoms with Crippen LogP contribution < -0.4 is 5.32 Å². The molecule has 2 heterocycles. The Labute approximate surface area is 121 Å². The third-order valence-corrected chi connectivity index (χ3v) is 4.79. The van der Waals surface area contributed by atoms with E-state index in [9.17, 15) is 4.79 Å². The predicted octanol–water partition coefficient (Wildman–Crippen LogP) is 3.27. The van der Waals surface area contributed by atoms with Crippen LogP contribution in [-0.4, -0.2) is 37.0 Å². The molecule has 0 saturated carbocycles. The average Bonchev–Trinajstić information content (AvgIpc) is 2.59. The molecule has 1 aliphatic rings. The molecule has 1 unspecified atom stereocenters. The van der Waals surface area contributed by atoms with Gasteiger partial charge in [-0.1, -0.05) is 23.2 Å². The third kappa shape index (κ3) is 3.18. The van der Waals surface area contributed by atoms with Crippen molar-refractivity contribution in [3.63, 3.8) is 0 Å². The lowest BCUT2D eigenvalue weighted by molar-refractivity contribution is 0.0721. The van der Waals surface area contributed by atoms with Gasteiger partial charge in [0, 0.05) is 13.1 Å². The zero-order chi connectivity index (χ0) is 13.1. The molecule has 1 saturated heterocycles. The molecule has 2 rings (SSSR count). The van der Waals surface area contributed by atoms with Crippen LogP contribution in [-0.2, 0) is 0 Å². The Hall–Kier alpha value is -0.290. The summed E-state index contributed by atoms with van der Waals surface area (Å²) in [4.78, 5) is 14.2. The minimum absolute atomic E-state index is 0.0324.